The van der Waals surface area contributed by atoms with E-state index in [-0.39, 0.29) is 12.0 Å². The van der Waals surface area contributed by atoms with E-state index in [1.165, 1.54) is 19.0 Å². The Morgan fingerprint density at radius 3 is 2.71 bits per heavy atom. The van der Waals surface area contributed by atoms with E-state index >= 15 is 0 Å². The lowest BCUT2D eigenvalue weighted by Gasteiger charge is -2.37. The predicted octanol–water partition coefficient (Wildman–Crippen LogP) is 4.32. The van der Waals surface area contributed by atoms with Crippen molar-refractivity contribution in [2.75, 3.05) is 26.7 Å². The summed E-state index contributed by atoms with van der Waals surface area (Å²) in [5.74, 6) is 1.34. The fraction of sp³-hybridized carbons (Fsp3) is 0.522. The second-order valence-corrected chi connectivity index (χ2v) is 8.91. The van der Waals surface area contributed by atoms with E-state index in [1.54, 1.807) is 18.1 Å². The summed E-state index contributed by atoms with van der Waals surface area (Å²) in [6, 6.07) is 6.03. The van der Waals surface area contributed by atoms with E-state index < -0.39 is 6.09 Å². The molecule has 2 heterocycles. The highest BCUT2D eigenvalue weighted by Gasteiger charge is 2.33. The Bertz CT molecular complexity index is 896. The van der Waals surface area contributed by atoms with E-state index in [4.69, 9.17) is 21.1 Å². The van der Waals surface area contributed by atoms with E-state index in [2.05, 4.69) is 20.9 Å². The van der Waals surface area contributed by atoms with Crippen LogP contribution in [0.25, 0.3) is 0 Å². The molecule has 166 valence electrons. The zero-order chi connectivity index (χ0) is 21.8. The summed E-state index contributed by atoms with van der Waals surface area (Å²) < 4.78 is 11.4. The van der Waals surface area contributed by atoms with Crippen molar-refractivity contribution in [3.05, 3.63) is 46.9 Å². The number of halogens is 1. The average Bonchev–Trinajstić information content (AvgIpc) is 3.23. The SMILES string of the molecule is Cc1cnc(OC(=O)N(C)CC2CC(Oc3cccc(CN4CCCC4)c3Cl)C2)cn1. The van der Waals surface area contributed by atoms with Crippen LogP contribution in [0.15, 0.2) is 30.6 Å². The smallest absolute Gasteiger partial charge is 0.416 e. The van der Waals surface area contributed by atoms with Gasteiger partial charge in [-0.05, 0) is 63.2 Å². The van der Waals surface area contributed by atoms with Gasteiger partial charge in [-0.25, -0.2) is 9.78 Å². The fourth-order valence-corrected chi connectivity index (χ4v) is 4.34. The molecule has 1 aromatic carbocycles. The number of carbonyl (C=O) groups excluding carboxylic acids is 1. The maximum absolute atomic E-state index is 12.3. The summed E-state index contributed by atoms with van der Waals surface area (Å²) >= 11 is 6.63. The van der Waals surface area contributed by atoms with Gasteiger partial charge < -0.3 is 14.4 Å². The summed E-state index contributed by atoms with van der Waals surface area (Å²) in [7, 11) is 1.73. The number of aromatic nitrogens is 2. The molecule has 2 fully saturated rings. The van der Waals surface area contributed by atoms with Crippen molar-refractivity contribution in [2.45, 2.75) is 45.3 Å². The lowest BCUT2D eigenvalue weighted by atomic mass is 9.82. The zero-order valence-corrected chi connectivity index (χ0v) is 18.8. The molecule has 7 nitrogen and oxygen atoms in total. The van der Waals surface area contributed by atoms with Crippen LogP contribution in [0.1, 0.15) is 36.9 Å². The van der Waals surface area contributed by atoms with Gasteiger partial charge in [0, 0.05) is 20.1 Å². The zero-order valence-electron chi connectivity index (χ0n) is 18.1. The molecule has 31 heavy (non-hydrogen) atoms. The number of amides is 1. The van der Waals surface area contributed by atoms with Crippen LogP contribution in [0.5, 0.6) is 11.6 Å². The van der Waals surface area contributed by atoms with Gasteiger partial charge in [-0.15, -0.1) is 0 Å². The summed E-state index contributed by atoms with van der Waals surface area (Å²) in [5.41, 5.74) is 1.90. The number of ether oxygens (including phenoxy) is 2. The molecular weight excluding hydrogens is 416 g/mol. The molecule has 0 atom stereocenters. The summed E-state index contributed by atoms with van der Waals surface area (Å²) in [6.07, 6.45) is 7.01. The summed E-state index contributed by atoms with van der Waals surface area (Å²) in [5, 5.41) is 0.720. The maximum atomic E-state index is 12.3. The molecule has 0 bridgehead atoms. The molecule has 0 unspecified atom stereocenters. The van der Waals surface area contributed by atoms with Crippen LogP contribution in [0.3, 0.4) is 0 Å². The Morgan fingerprint density at radius 2 is 2.00 bits per heavy atom. The van der Waals surface area contributed by atoms with Crippen LogP contribution < -0.4 is 9.47 Å². The first kappa shape index (κ1) is 21.8. The van der Waals surface area contributed by atoms with Crippen molar-refractivity contribution in [3.63, 3.8) is 0 Å². The lowest BCUT2D eigenvalue weighted by Crippen LogP contribution is -2.42. The molecular formula is C23H29ClN4O3. The third-order valence-corrected chi connectivity index (χ3v) is 6.34. The molecule has 0 spiro atoms. The molecule has 0 N–H and O–H groups in total. The van der Waals surface area contributed by atoms with Gasteiger partial charge in [-0.1, -0.05) is 23.7 Å². The summed E-state index contributed by atoms with van der Waals surface area (Å²) in [6.45, 7) is 5.59. The minimum Gasteiger partial charge on any atom is -0.489 e. The van der Waals surface area contributed by atoms with Gasteiger partial charge in [0.1, 0.15) is 5.75 Å². The van der Waals surface area contributed by atoms with Crippen LogP contribution in [-0.4, -0.2) is 58.6 Å². The predicted molar refractivity (Wildman–Crippen MR) is 119 cm³/mol. The van der Waals surface area contributed by atoms with Gasteiger partial charge in [0.25, 0.3) is 0 Å². The van der Waals surface area contributed by atoms with Crippen LogP contribution in [-0.2, 0) is 6.54 Å². The Morgan fingerprint density at radius 1 is 1.23 bits per heavy atom. The third kappa shape index (κ3) is 5.66. The number of likely N-dealkylation sites (tertiary alicyclic amines) is 1. The highest BCUT2D eigenvalue weighted by molar-refractivity contribution is 6.32. The van der Waals surface area contributed by atoms with Crippen LogP contribution >= 0.6 is 11.6 Å². The number of nitrogens with zero attached hydrogens (tertiary/aromatic N) is 4. The van der Waals surface area contributed by atoms with Crippen molar-refractivity contribution in [3.8, 4) is 11.6 Å². The monoisotopic (exact) mass is 444 g/mol. The number of carbonyl (C=O) groups is 1. The van der Waals surface area contributed by atoms with Crippen LogP contribution in [0.2, 0.25) is 5.02 Å². The van der Waals surface area contributed by atoms with Crippen molar-refractivity contribution in [1.29, 1.82) is 0 Å². The standard InChI is InChI=1S/C23H29ClN4O3/c1-16-12-26-21(13-25-16)31-23(29)27(2)14-17-10-19(11-17)30-20-7-5-6-18(22(20)24)15-28-8-3-4-9-28/h5-7,12-13,17,19H,3-4,8-11,14-15H2,1-2H3. The second-order valence-electron chi connectivity index (χ2n) is 8.53. The molecule has 1 aliphatic heterocycles. The molecule has 0 radical (unpaired) electrons. The molecule has 1 aliphatic carbocycles. The first-order chi connectivity index (χ1) is 15.0. The molecule has 1 amide bonds. The Kier molecular flexibility index (Phi) is 6.92. The Balaban J connectivity index is 1.23. The molecule has 8 heteroatoms. The average molecular weight is 445 g/mol. The van der Waals surface area contributed by atoms with E-state index in [0.717, 1.165) is 54.5 Å². The van der Waals surface area contributed by atoms with Gasteiger partial charge in [-0.2, -0.15) is 0 Å². The van der Waals surface area contributed by atoms with Gasteiger partial charge in [-0.3, -0.25) is 9.88 Å². The van der Waals surface area contributed by atoms with Crippen molar-refractivity contribution < 1.29 is 14.3 Å². The largest absolute Gasteiger partial charge is 0.489 e. The Hall–Kier alpha value is -2.38. The number of rotatable bonds is 7. The summed E-state index contributed by atoms with van der Waals surface area (Å²) in [4.78, 5) is 24.4. The van der Waals surface area contributed by atoms with Gasteiger partial charge in [0.15, 0.2) is 0 Å². The number of aryl methyl sites for hydroxylation is 1. The second kappa shape index (κ2) is 9.83. The minimum absolute atomic E-state index is 0.122. The maximum Gasteiger partial charge on any atom is 0.416 e. The van der Waals surface area contributed by atoms with Crippen molar-refractivity contribution >= 4 is 17.7 Å². The minimum atomic E-state index is -0.430. The molecule has 2 aliphatic rings. The highest BCUT2D eigenvalue weighted by atomic mass is 35.5. The van der Waals surface area contributed by atoms with Crippen LogP contribution in [0.4, 0.5) is 4.79 Å². The number of hydrogen-bond acceptors (Lipinski definition) is 6. The molecule has 4 rings (SSSR count). The number of benzene rings is 1. The van der Waals surface area contributed by atoms with E-state index in [1.807, 2.05) is 19.1 Å². The molecule has 1 saturated heterocycles. The Labute approximate surface area is 188 Å². The molecule has 1 aromatic heterocycles. The highest BCUT2D eigenvalue weighted by Crippen LogP contribution is 2.36. The first-order valence-electron chi connectivity index (χ1n) is 10.9. The first-order valence-corrected chi connectivity index (χ1v) is 11.2. The van der Waals surface area contributed by atoms with Gasteiger partial charge in [0.05, 0.1) is 29.2 Å². The van der Waals surface area contributed by atoms with E-state index in [0.29, 0.717) is 12.5 Å². The molecule has 2 aromatic rings. The van der Waals surface area contributed by atoms with Gasteiger partial charge in [0.2, 0.25) is 5.88 Å². The van der Waals surface area contributed by atoms with Crippen molar-refractivity contribution in [2.24, 2.45) is 5.92 Å². The topological polar surface area (TPSA) is 67.8 Å². The number of hydrogen-bond donors (Lipinski definition) is 0. The van der Waals surface area contributed by atoms with Crippen molar-refractivity contribution in [1.82, 2.24) is 19.8 Å². The van der Waals surface area contributed by atoms with E-state index in [9.17, 15) is 4.79 Å². The van der Waals surface area contributed by atoms with Crippen LogP contribution in [0, 0.1) is 12.8 Å². The lowest BCUT2D eigenvalue weighted by molar-refractivity contribution is 0.0482. The van der Waals surface area contributed by atoms with Gasteiger partial charge >= 0.3 is 6.09 Å². The quantitative estimate of drug-likeness (QED) is 0.633. The normalized spacial score (nSPS) is 20.9. The molecule has 1 saturated carbocycles. The third-order valence-electron chi connectivity index (χ3n) is 5.91. The fourth-order valence-electron chi connectivity index (χ4n) is 4.11.